The average Bonchev–Trinajstić information content (AvgIpc) is 2.78. The van der Waals surface area contributed by atoms with Crippen LogP contribution in [0, 0.1) is 11.6 Å². The van der Waals surface area contributed by atoms with Crippen molar-refractivity contribution < 1.29 is 8.78 Å². The highest BCUT2D eigenvalue weighted by Crippen LogP contribution is 2.28. The maximum atomic E-state index is 13.5. The van der Waals surface area contributed by atoms with E-state index in [0.717, 1.165) is 32.2 Å². The van der Waals surface area contributed by atoms with Crippen molar-refractivity contribution in [1.29, 1.82) is 0 Å². The molecule has 1 heterocycles. The number of rotatable bonds is 6. The van der Waals surface area contributed by atoms with Crippen LogP contribution in [-0.4, -0.2) is 36.1 Å². The molecule has 1 N–H and O–H groups in total. The molecule has 2 aromatic rings. The summed E-state index contributed by atoms with van der Waals surface area (Å²) in [5, 5.41) is 3.79. The normalized spacial score (nSPS) is 11.4. The number of nitrogens with one attached hydrogen (secondary N) is 1. The van der Waals surface area contributed by atoms with Crippen molar-refractivity contribution in [3.8, 4) is 0 Å². The molecule has 3 nitrogen and oxygen atoms in total. The average molecular weight is 285 g/mol. The fraction of sp³-hybridized carbons (Fsp3) is 0.462. The lowest BCUT2D eigenvalue weighted by Crippen LogP contribution is -2.28. The Labute approximate surface area is 115 Å². The van der Waals surface area contributed by atoms with E-state index in [2.05, 4.69) is 29.0 Å². The van der Waals surface area contributed by atoms with Gasteiger partial charge in [0.15, 0.2) is 10.9 Å². The van der Waals surface area contributed by atoms with Crippen LogP contribution < -0.4 is 5.32 Å². The van der Waals surface area contributed by atoms with Gasteiger partial charge in [-0.25, -0.2) is 13.8 Å². The van der Waals surface area contributed by atoms with Gasteiger partial charge in [-0.1, -0.05) is 25.2 Å². The predicted molar refractivity (Wildman–Crippen MR) is 75.8 cm³/mol. The Morgan fingerprint density at radius 1 is 1.26 bits per heavy atom. The van der Waals surface area contributed by atoms with Gasteiger partial charge in [0.1, 0.15) is 11.3 Å². The second-order valence-electron chi connectivity index (χ2n) is 4.21. The summed E-state index contributed by atoms with van der Waals surface area (Å²) < 4.78 is 27.1. The smallest absolute Gasteiger partial charge is 0.183 e. The first-order valence-electron chi connectivity index (χ1n) is 6.35. The van der Waals surface area contributed by atoms with Crippen LogP contribution in [0.2, 0.25) is 0 Å². The van der Waals surface area contributed by atoms with Crippen LogP contribution >= 0.6 is 11.3 Å². The third-order valence-corrected chi connectivity index (χ3v) is 3.97. The molecule has 0 amide bonds. The molecule has 0 fully saturated rings. The van der Waals surface area contributed by atoms with Crippen molar-refractivity contribution in [2.75, 3.05) is 31.5 Å². The number of anilines is 1. The molecule has 2 rings (SSSR count). The van der Waals surface area contributed by atoms with E-state index in [1.165, 1.54) is 17.4 Å². The van der Waals surface area contributed by atoms with Gasteiger partial charge in [-0.15, -0.1) is 0 Å². The van der Waals surface area contributed by atoms with Gasteiger partial charge >= 0.3 is 0 Å². The molecule has 104 valence electrons. The standard InChI is InChI=1S/C13H17F2N3S/c1-3-18(4-2)6-5-16-13-17-12-10(15)7-9(14)8-11(12)19-13/h7-8H,3-6H2,1-2H3,(H,16,17). The van der Waals surface area contributed by atoms with Gasteiger partial charge in [-0.2, -0.15) is 0 Å². The molecule has 0 bridgehead atoms. The van der Waals surface area contributed by atoms with Crippen LogP contribution in [0.1, 0.15) is 13.8 Å². The molecule has 6 heteroatoms. The van der Waals surface area contributed by atoms with Gasteiger partial charge in [-0.3, -0.25) is 0 Å². The Morgan fingerprint density at radius 3 is 2.68 bits per heavy atom. The maximum absolute atomic E-state index is 13.5. The van der Waals surface area contributed by atoms with Crippen molar-refractivity contribution in [3.63, 3.8) is 0 Å². The first kappa shape index (κ1) is 14.1. The van der Waals surface area contributed by atoms with Gasteiger partial charge in [-0.05, 0) is 19.2 Å². The summed E-state index contributed by atoms with van der Waals surface area (Å²) in [5.41, 5.74) is 0.233. The van der Waals surface area contributed by atoms with Crippen molar-refractivity contribution in [2.45, 2.75) is 13.8 Å². The SMILES string of the molecule is CCN(CC)CCNc1nc2c(F)cc(F)cc2s1. The van der Waals surface area contributed by atoms with Gasteiger partial charge < -0.3 is 10.2 Å². The second kappa shape index (κ2) is 6.25. The molecule has 0 saturated carbocycles. The Balaban J connectivity index is 2.04. The molecule has 1 aromatic heterocycles. The molecule has 0 aliphatic rings. The molecule has 0 aliphatic carbocycles. The lowest BCUT2D eigenvalue weighted by Gasteiger charge is -2.17. The van der Waals surface area contributed by atoms with Crippen LogP contribution in [0.3, 0.4) is 0 Å². The number of halogens is 2. The Kier molecular flexibility index (Phi) is 4.66. The van der Waals surface area contributed by atoms with Crippen LogP contribution in [-0.2, 0) is 0 Å². The quantitative estimate of drug-likeness (QED) is 0.882. The highest BCUT2D eigenvalue weighted by atomic mass is 32.1. The number of nitrogens with zero attached hydrogens (tertiary/aromatic N) is 2. The monoisotopic (exact) mass is 285 g/mol. The minimum Gasteiger partial charge on any atom is -0.360 e. The minimum atomic E-state index is -0.608. The zero-order chi connectivity index (χ0) is 13.8. The third kappa shape index (κ3) is 3.39. The molecule has 0 unspecified atom stereocenters. The lowest BCUT2D eigenvalue weighted by molar-refractivity contribution is 0.316. The zero-order valence-electron chi connectivity index (χ0n) is 11.0. The second-order valence-corrected chi connectivity index (χ2v) is 5.24. The molecule has 0 spiro atoms. The number of hydrogen-bond donors (Lipinski definition) is 1. The van der Waals surface area contributed by atoms with E-state index < -0.39 is 11.6 Å². The highest BCUT2D eigenvalue weighted by molar-refractivity contribution is 7.22. The van der Waals surface area contributed by atoms with Crippen LogP contribution in [0.15, 0.2) is 12.1 Å². The van der Waals surface area contributed by atoms with Crippen LogP contribution in [0.4, 0.5) is 13.9 Å². The Bertz CT molecular complexity index is 552. The summed E-state index contributed by atoms with van der Waals surface area (Å²) >= 11 is 1.27. The van der Waals surface area contributed by atoms with Crippen LogP contribution in [0.5, 0.6) is 0 Å². The third-order valence-electron chi connectivity index (χ3n) is 3.01. The van der Waals surface area contributed by atoms with E-state index in [-0.39, 0.29) is 5.52 Å². The Morgan fingerprint density at radius 2 is 2.00 bits per heavy atom. The largest absolute Gasteiger partial charge is 0.360 e. The van der Waals surface area contributed by atoms with Crippen molar-refractivity contribution in [3.05, 3.63) is 23.8 Å². The van der Waals surface area contributed by atoms with E-state index in [4.69, 9.17) is 0 Å². The maximum Gasteiger partial charge on any atom is 0.183 e. The number of fused-ring (bicyclic) bond motifs is 1. The fourth-order valence-corrected chi connectivity index (χ4v) is 2.82. The van der Waals surface area contributed by atoms with Crippen molar-refractivity contribution in [2.24, 2.45) is 0 Å². The zero-order valence-corrected chi connectivity index (χ0v) is 11.9. The van der Waals surface area contributed by atoms with E-state index >= 15 is 0 Å². The van der Waals surface area contributed by atoms with E-state index in [1.807, 2.05) is 0 Å². The predicted octanol–water partition coefficient (Wildman–Crippen LogP) is 3.33. The molecule has 19 heavy (non-hydrogen) atoms. The first-order valence-corrected chi connectivity index (χ1v) is 7.17. The number of hydrogen-bond acceptors (Lipinski definition) is 4. The molecule has 1 aromatic carbocycles. The molecule has 0 saturated heterocycles. The number of thiazole rings is 1. The molecular formula is C13H17F2N3S. The molecule has 0 radical (unpaired) electrons. The summed E-state index contributed by atoms with van der Waals surface area (Å²) in [6.07, 6.45) is 0. The highest BCUT2D eigenvalue weighted by Gasteiger charge is 2.10. The Hall–Kier alpha value is -1.27. The van der Waals surface area contributed by atoms with Crippen molar-refractivity contribution >= 4 is 26.7 Å². The van der Waals surface area contributed by atoms with E-state index in [1.54, 1.807) is 0 Å². The summed E-state index contributed by atoms with van der Waals surface area (Å²) in [5.74, 6) is -1.17. The fourth-order valence-electron chi connectivity index (χ4n) is 1.89. The number of likely N-dealkylation sites (N-methyl/N-ethyl adjacent to an activating group) is 1. The van der Waals surface area contributed by atoms with Crippen molar-refractivity contribution in [1.82, 2.24) is 9.88 Å². The lowest BCUT2D eigenvalue weighted by atomic mass is 10.3. The van der Waals surface area contributed by atoms with Gasteiger partial charge in [0, 0.05) is 19.2 Å². The minimum absolute atomic E-state index is 0.233. The topological polar surface area (TPSA) is 28.2 Å². The first-order chi connectivity index (χ1) is 9.13. The van der Waals surface area contributed by atoms with Gasteiger partial charge in [0.05, 0.1) is 4.70 Å². The molecule has 0 aliphatic heterocycles. The molecule has 0 atom stereocenters. The van der Waals surface area contributed by atoms with Gasteiger partial charge in [0.25, 0.3) is 0 Å². The molecular weight excluding hydrogens is 268 g/mol. The summed E-state index contributed by atoms with van der Waals surface area (Å²) in [4.78, 5) is 6.43. The number of benzene rings is 1. The summed E-state index contributed by atoms with van der Waals surface area (Å²) in [7, 11) is 0. The van der Waals surface area contributed by atoms with Crippen LogP contribution in [0.25, 0.3) is 10.2 Å². The summed E-state index contributed by atoms with van der Waals surface area (Å²) in [6.45, 7) is 7.86. The van der Waals surface area contributed by atoms with E-state index in [9.17, 15) is 8.78 Å². The van der Waals surface area contributed by atoms with E-state index in [0.29, 0.717) is 9.83 Å². The summed E-state index contributed by atoms with van der Waals surface area (Å²) in [6, 6.07) is 2.17. The number of aromatic nitrogens is 1. The van der Waals surface area contributed by atoms with Gasteiger partial charge in [0.2, 0.25) is 0 Å².